The van der Waals surface area contributed by atoms with Gasteiger partial charge < -0.3 is 15.2 Å². The highest BCUT2D eigenvalue weighted by Crippen LogP contribution is 2.20. The second-order valence-corrected chi connectivity index (χ2v) is 4.90. The fraction of sp³-hybridized carbons (Fsp3) is 0.385. The molecule has 1 aromatic carbocycles. The van der Waals surface area contributed by atoms with Crippen LogP contribution in [0.5, 0.6) is 5.75 Å². The lowest BCUT2D eigenvalue weighted by Crippen LogP contribution is -2.46. The summed E-state index contributed by atoms with van der Waals surface area (Å²) in [6.45, 7) is 2.98. The molecule has 110 valence electrons. The Morgan fingerprint density at radius 2 is 2.10 bits per heavy atom. The van der Waals surface area contributed by atoms with E-state index in [1.807, 2.05) is 0 Å². The third-order valence-electron chi connectivity index (χ3n) is 2.51. The van der Waals surface area contributed by atoms with Gasteiger partial charge in [-0.3, -0.25) is 4.79 Å². The van der Waals surface area contributed by atoms with Crippen LogP contribution in [-0.2, 0) is 9.59 Å². The van der Waals surface area contributed by atoms with E-state index >= 15 is 0 Å². The number of aliphatic carboxylic acids is 1. The number of carboxylic acids is 1. The van der Waals surface area contributed by atoms with Crippen LogP contribution in [0.4, 0.5) is 4.39 Å². The van der Waals surface area contributed by atoms with Gasteiger partial charge in [-0.05, 0) is 18.1 Å². The highest BCUT2D eigenvalue weighted by Gasteiger charge is 2.23. The molecule has 1 aromatic rings. The molecule has 0 aliphatic heterocycles. The number of nitrogens with one attached hydrogen (secondary N) is 1. The molecule has 0 saturated carbocycles. The Hall–Kier alpha value is -1.82. The van der Waals surface area contributed by atoms with E-state index < -0.39 is 23.7 Å². The van der Waals surface area contributed by atoms with Gasteiger partial charge in [-0.15, -0.1) is 0 Å². The molecule has 0 heterocycles. The second kappa shape index (κ2) is 7.09. The van der Waals surface area contributed by atoms with Gasteiger partial charge in [0.25, 0.3) is 5.91 Å². The zero-order valence-corrected chi connectivity index (χ0v) is 11.8. The molecular formula is C13H15ClFNO4. The lowest BCUT2D eigenvalue weighted by molar-refractivity contribution is -0.143. The number of hydrogen-bond donors (Lipinski definition) is 2. The molecule has 0 fully saturated rings. The molecule has 1 rings (SSSR count). The standard InChI is InChI=1S/C13H15ClFNO4/c1-7(2)12(13(18)19)16-11(17)6-20-8-3-4-10(15)9(14)5-8/h3-5,7,12H,6H2,1-2H3,(H,16,17)(H,18,19). The van der Waals surface area contributed by atoms with Gasteiger partial charge in [0.1, 0.15) is 17.6 Å². The molecule has 0 saturated heterocycles. The summed E-state index contributed by atoms with van der Waals surface area (Å²) >= 11 is 5.56. The Balaban J connectivity index is 2.54. The Bertz CT molecular complexity index is 507. The van der Waals surface area contributed by atoms with Crippen molar-refractivity contribution >= 4 is 23.5 Å². The van der Waals surface area contributed by atoms with Crippen molar-refractivity contribution in [3.63, 3.8) is 0 Å². The number of hydrogen-bond acceptors (Lipinski definition) is 3. The predicted octanol–water partition coefficient (Wildman–Crippen LogP) is 2.08. The number of benzene rings is 1. The number of halogens is 2. The number of carboxylic acid groups (broad SMARTS) is 1. The zero-order chi connectivity index (χ0) is 15.3. The van der Waals surface area contributed by atoms with E-state index in [9.17, 15) is 14.0 Å². The summed E-state index contributed by atoms with van der Waals surface area (Å²) < 4.78 is 18.0. The van der Waals surface area contributed by atoms with Crippen LogP contribution in [0, 0.1) is 11.7 Å². The third-order valence-corrected chi connectivity index (χ3v) is 2.80. The van der Waals surface area contributed by atoms with Gasteiger partial charge in [-0.1, -0.05) is 25.4 Å². The van der Waals surface area contributed by atoms with Crippen LogP contribution in [-0.4, -0.2) is 29.6 Å². The lowest BCUT2D eigenvalue weighted by Gasteiger charge is -2.18. The molecule has 20 heavy (non-hydrogen) atoms. The van der Waals surface area contributed by atoms with Crippen molar-refractivity contribution in [2.45, 2.75) is 19.9 Å². The molecule has 1 unspecified atom stereocenters. The molecular weight excluding hydrogens is 289 g/mol. The molecule has 7 heteroatoms. The van der Waals surface area contributed by atoms with Crippen LogP contribution in [0.25, 0.3) is 0 Å². The third kappa shape index (κ3) is 4.70. The fourth-order valence-corrected chi connectivity index (χ4v) is 1.61. The first kappa shape index (κ1) is 16.2. The van der Waals surface area contributed by atoms with Crippen LogP contribution in [0.15, 0.2) is 18.2 Å². The number of carbonyl (C=O) groups is 2. The minimum absolute atomic E-state index is 0.117. The topological polar surface area (TPSA) is 75.6 Å². The molecule has 2 N–H and O–H groups in total. The van der Waals surface area contributed by atoms with E-state index in [0.717, 1.165) is 6.07 Å². The molecule has 1 amide bonds. The Morgan fingerprint density at radius 1 is 1.45 bits per heavy atom. The molecule has 5 nitrogen and oxygen atoms in total. The summed E-state index contributed by atoms with van der Waals surface area (Å²) in [5, 5.41) is 11.2. The maximum absolute atomic E-state index is 12.9. The monoisotopic (exact) mass is 303 g/mol. The first-order valence-corrected chi connectivity index (χ1v) is 6.29. The van der Waals surface area contributed by atoms with Gasteiger partial charge in [-0.25, -0.2) is 9.18 Å². The predicted molar refractivity (Wildman–Crippen MR) is 71.3 cm³/mol. The van der Waals surface area contributed by atoms with E-state index in [1.165, 1.54) is 12.1 Å². The molecule has 0 bridgehead atoms. The first-order chi connectivity index (χ1) is 9.31. The van der Waals surface area contributed by atoms with Gasteiger partial charge >= 0.3 is 5.97 Å². The van der Waals surface area contributed by atoms with Gasteiger partial charge in [0.15, 0.2) is 6.61 Å². The summed E-state index contributed by atoms with van der Waals surface area (Å²) in [5.41, 5.74) is 0. The molecule has 1 atom stereocenters. The number of carbonyl (C=O) groups excluding carboxylic acids is 1. The van der Waals surface area contributed by atoms with Crippen molar-refractivity contribution in [2.75, 3.05) is 6.61 Å². The maximum Gasteiger partial charge on any atom is 0.326 e. The maximum atomic E-state index is 12.9. The van der Waals surface area contributed by atoms with Gasteiger partial charge in [0, 0.05) is 6.07 Å². The van der Waals surface area contributed by atoms with Crippen molar-refractivity contribution in [3.05, 3.63) is 29.0 Å². The van der Waals surface area contributed by atoms with E-state index in [4.69, 9.17) is 21.4 Å². The Labute approximate surface area is 120 Å². The van der Waals surface area contributed by atoms with Crippen molar-refractivity contribution in [2.24, 2.45) is 5.92 Å². The SMILES string of the molecule is CC(C)C(NC(=O)COc1ccc(F)c(Cl)c1)C(=O)O. The van der Waals surface area contributed by atoms with E-state index in [2.05, 4.69) is 5.32 Å². The average molecular weight is 304 g/mol. The van der Waals surface area contributed by atoms with Crippen LogP contribution in [0.2, 0.25) is 5.02 Å². The quantitative estimate of drug-likeness (QED) is 0.843. The Morgan fingerprint density at radius 3 is 2.60 bits per heavy atom. The number of ether oxygens (including phenoxy) is 1. The fourth-order valence-electron chi connectivity index (χ4n) is 1.44. The van der Waals surface area contributed by atoms with Crippen LogP contribution < -0.4 is 10.1 Å². The largest absolute Gasteiger partial charge is 0.484 e. The summed E-state index contributed by atoms with van der Waals surface area (Å²) in [6.07, 6.45) is 0. The molecule has 0 aromatic heterocycles. The number of amides is 1. The van der Waals surface area contributed by atoms with Crippen molar-refractivity contribution in [1.29, 1.82) is 0 Å². The normalized spacial score (nSPS) is 12.1. The minimum atomic E-state index is -1.11. The summed E-state index contributed by atoms with van der Waals surface area (Å²) in [6, 6.07) is 2.69. The van der Waals surface area contributed by atoms with Gasteiger partial charge in [0.2, 0.25) is 0 Å². The van der Waals surface area contributed by atoms with Gasteiger partial charge in [0.05, 0.1) is 5.02 Å². The van der Waals surface area contributed by atoms with Crippen LogP contribution in [0.1, 0.15) is 13.8 Å². The highest BCUT2D eigenvalue weighted by molar-refractivity contribution is 6.30. The second-order valence-electron chi connectivity index (χ2n) is 4.49. The molecule has 0 aliphatic rings. The zero-order valence-electron chi connectivity index (χ0n) is 11.0. The number of rotatable bonds is 6. The summed E-state index contributed by atoms with van der Waals surface area (Å²) in [4.78, 5) is 22.5. The lowest BCUT2D eigenvalue weighted by atomic mass is 10.1. The van der Waals surface area contributed by atoms with Crippen LogP contribution in [0.3, 0.4) is 0 Å². The van der Waals surface area contributed by atoms with Crippen molar-refractivity contribution in [1.82, 2.24) is 5.32 Å². The molecule has 0 spiro atoms. The van der Waals surface area contributed by atoms with Gasteiger partial charge in [-0.2, -0.15) is 0 Å². The summed E-state index contributed by atoms with van der Waals surface area (Å²) in [5.74, 6) is -2.31. The molecule has 0 aliphatic carbocycles. The van der Waals surface area contributed by atoms with E-state index in [0.29, 0.717) is 0 Å². The molecule has 0 radical (unpaired) electrons. The highest BCUT2D eigenvalue weighted by atomic mass is 35.5. The van der Waals surface area contributed by atoms with E-state index in [-0.39, 0.29) is 23.3 Å². The summed E-state index contributed by atoms with van der Waals surface area (Å²) in [7, 11) is 0. The smallest absolute Gasteiger partial charge is 0.326 e. The average Bonchev–Trinajstić information content (AvgIpc) is 2.36. The van der Waals surface area contributed by atoms with Crippen molar-refractivity contribution < 1.29 is 23.8 Å². The van der Waals surface area contributed by atoms with Crippen LogP contribution >= 0.6 is 11.6 Å². The minimum Gasteiger partial charge on any atom is -0.484 e. The Kier molecular flexibility index (Phi) is 5.76. The van der Waals surface area contributed by atoms with Crippen molar-refractivity contribution in [3.8, 4) is 5.75 Å². The van der Waals surface area contributed by atoms with E-state index in [1.54, 1.807) is 13.8 Å². The first-order valence-electron chi connectivity index (χ1n) is 5.91.